The summed E-state index contributed by atoms with van der Waals surface area (Å²) >= 11 is 7.19. The van der Waals surface area contributed by atoms with Gasteiger partial charge in [0.1, 0.15) is 10.7 Å². The lowest BCUT2D eigenvalue weighted by atomic mass is 10.2. The Balaban J connectivity index is 1.83. The van der Waals surface area contributed by atoms with Gasteiger partial charge >= 0.3 is 5.97 Å². The molecule has 1 aliphatic heterocycles. The van der Waals surface area contributed by atoms with Crippen molar-refractivity contribution >= 4 is 34.8 Å². The van der Waals surface area contributed by atoms with Gasteiger partial charge in [-0.15, -0.1) is 11.3 Å². The van der Waals surface area contributed by atoms with E-state index in [1.165, 1.54) is 16.2 Å². The average Bonchev–Trinajstić information content (AvgIpc) is 3.04. The number of benzene rings is 1. The minimum absolute atomic E-state index is 0.00471. The monoisotopic (exact) mass is 352 g/mol. The molecular weight excluding hydrogens is 340 g/mol. The molecule has 0 radical (unpaired) electrons. The standard InChI is InChI=1S/C15H13ClN2O4S/c16-10-3-1-9(2-4-10)13-17-11(8-23-13)14(19)18-5-6-22-7-12(18)15(20)21/h1-4,8,12H,5-7H2,(H,20,21). The fraction of sp³-hybridized carbons (Fsp3) is 0.267. The van der Waals surface area contributed by atoms with E-state index in [0.717, 1.165) is 5.56 Å². The molecule has 1 atom stereocenters. The molecule has 23 heavy (non-hydrogen) atoms. The summed E-state index contributed by atoms with van der Waals surface area (Å²) < 4.78 is 5.14. The van der Waals surface area contributed by atoms with Crippen molar-refractivity contribution in [3.8, 4) is 10.6 Å². The van der Waals surface area contributed by atoms with Crippen LogP contribution in [0, 0.1) is 0 Å². The number of ether oxygens (including phenoxy) is 1. The molecule has 0 saturated carbocycles. The van der Waals surface area contributed by atoms with E-state index in [0.29, 0.717) is 16.6 Å². The van der Waals surface area contributed by atoms with Gasteiger partial charge in [0.05, 0.1) is 13.2 Å². The van der Waals surface area contributed by atoms with Gasteiger partial charge in [0.15, 0.2) is 6.04 Å². The number of carbonyl (C=O) groups excluding carboxylic acids is 1. The van der Waals surface area contributed by atoms with E-state index >= 15 is 0 Å². The fourth-order valence-electron chi connectivity index (χ4n) is 2.30. The second-order valence-electron chi connectivity index (χ2n) is 4.97. The lowest BCUT2D eigenvalue weighted by molar-refractivity contribution is -0.147. The molecule has 0 spiro atoms. The number of aliphatic carboxylic acids is 1. The number of hydrogen-bond acceptors (Lipinski definition) is 5. The van der Waals surface area contributed by atoms with E-state index in [-0.39, 0.29) is 18.8 Å². The summed E-state index contributed by atoms with van der Waals surface area (Å²) in [5.74, 6) is -1.47. The molecule has 1 aromatic carbocycles. The van der Waals surface area contributed by atoms with E-state index < -0.39 is 17.9 Å². The van der Waals surface area contributed by atoms with Crippen LogP contribution in [0.3, 0.4) is 0 Å². The van der Waals surface area contributed by atoms with Gasteiger partial charge in [-0.2, -0.15) is 0 Å². The number of carboxylic acid groups (broad SMARTS) is 1. The molecular formula is C15H13ClN2O4S. The second kappa shape index (κ2) is 6.66. The molecule has 2 heterocycles. The van der Waals surface area contributed by atoms with Crippen molar-refractivity contribution in [3.63, 3.8) is 0 Å². The first-order valence-electron chi connectivity index (χ1n) is 6.89. The molecule has 1 aliphatic rings. The molecule has 0 bridgehead atoms. The number of thiazole rings is 1. The van der Waals surface area contributed by atoms with Crippen LogP contribution in [0.5, 0.6) is 0 Å². The first-order valence-corrected chi connectivity index (χ1v) is 8.15. The Kier molecular flexibility index (Phi) is 4.61. The third-order valence-corrected chi connectivity index (χ3v) is 4.63. The molecule has 8 heteroatoms. The predicted molar refractivity (Wildman–Crippen MR) is 85.8 cm³/mol. The van der Waals surface area contributed by atoms with Crippen molar-refractivity contribution < 1.29 is 19.4 Å². The van der Waals surface area contributed by atoms with Crippen LogP contribution in [0.15, 0.2) is 29.6 Å². The van der Waals surface area contributed by atoms with Crippen LogP contribution in [-0.4, -0.2) is 52.7 Å². The van der Waals surface area contributed by atoms with E-state index in [9.17, 15) is 14.7 Å². The largest absolute Gasteiger partial charge is 0.480 e. The van der Waals surface area contributed by atoms with Crippen molar-refractivity contribution in [1.29, 1.82) is 0 Å². The van der Waals surface area contributed by atoms with Gasteiger partial charge in [-0.3, -0.25) is 4.79 Å². The number of amides is 1. The Morgan fingerprint density at radius 2 is 2.09 bits per heavy atom. The first kappa shape index (κ1) is 15.9. The van der Waals surface area contributed by atoms with Crippen molar-refractivity contribution in [2.24, 2.45) is 0 Å². The zero-order valence-electron chi connectivity index (χ0n) is 11.9. The van der Waals surface area contributed by atoms with Crippen LogP contribution in [0.4, 0.5) is 0 Å². The molecule has 3 rings (SSSR count). The predicted octanol–water partition coefficient (Wildman–Crippen LogP) is 2.39. The zero-order valence-corrected chi connectivity index (χ0v) is 13.5. The molecule has 0 aliphatic carbocycles. The number of nitrogens with zero attached hydrogens (tertiary/aromatic N) is 2. The van der Waals surface area contributed by atoms with E-state index in [1.807, 2.05) is 12.1 Å². The average molecular weight is 353 g/mol. The number of aromatic nitrogens is 1. The normalized spacial score (nSPS) is 18.0. The maximum atomic E-state index is 12.5. The van der Waals surface area contributed by atoms with Gasteiger partial charge < -0.3 is 14.7 Å². The number of halogens is 1. The van der Waals surface area contributed by atoms with Crippen LogP contribution in [-0.2, 0) is 9.53 Å². The number of rotatable bonds is 3. The molecule has 1 fully saturated rings. The summed E-state index contributed by atoms with van der Waals surface area (Å²) in [4.78, 5) is 29.4. The molecule has 1 N–H and O–H groups in total. The molecule has 1 saturated heterocycles. The van der Waals surface area contributed by atoms with Gasteiger partial charge in [0.2, 0.25) is 0 Å². The van der Waals surface area contributed by atoms with E-state index in [1.54, 1.807) is 17.5 Å². The third kappa shape index (κ3) is 3.36. The summed E-state index contributed by atoms with van der Waals surface area (Å²) in [7, 11) is 0. The second-order valence-corrected chi connectivity index (χ2v) is 6.27. The van der Waals surface area contributed by atoms with Crippen LogP contribution in [0.1, 0.15) is 10.5 Å². The lowest BCUT2D eigenvalue weighted by Gasteiger charge is -2.32. The Bertz CT molecular complexity index is 731. The minimum atomic E-state index is -1.08. The molecule has 120 valence electrons. The number of carbonyl (C=O) groups is 2. The Morgan fingerprint density at radius 1 is 1.35 bits per heavy atom. The highest BCUT2D eigenvalue weighted by atomic mass is 35.5. The topological polar surface area (TPSA) is 79.7 Å². The van der Waals surface area contributed by atoms with Gasteiger partial charge in [-0.1, -0.05) is 23.7 Å². The van der Waals surface area contributed by atoms with E-state index in [4.69, 9.17) is 16.3 Å². The highest BCUT2D eigenvalue weighted by Gasteiger charge is 2.34. The Labute approximate surface area is 141 Å². The van der Waals surface area contributed by atoms with E-state index in [2.05, 4.69) is 4.98 Å². The highest BCUT2D eigenvalue weighted by molar-refractivity contribution is 7.13. The summed E-state index contributed by atoms with van der Waals surface area (Å²) in [5.41, 5.74) is 1.10. The third-order valence-electron chi connectivity index (χ3n) is 3.49. The molecule has 1 amide bonds. The summed E-state index contributed by atoms with van der Waals surface area (Å²) in [6.07, 6.45) is 0. The quantitative estimate of drug-likeness (QED) is 0.917. The van der Waals surface area contributed by atoms with Crippen molar-refractivity contribution in [2.75, 3.05) is 19.8 Å². The molecule has 2 aromatic rings. The van der Waals surface area contributed by atoms with Crippen molar-refractivity contribution in [3.05, 3.63) is 40.4 Å². The molecule has 1 unspecified atom stereocenters. The maximum absolute atomic E-state index is 12.5. The van der Waals surface area contributed by atoms with Crippen LogP contribution in [0.2, 0.25) is 5.02 Å². The van der Waals surface area contributed by atoms with Crippen LogP contribution in [0.25, 0.3) is 10.6 Å². The van der Waals surface area contributed by atoms with Crippen molar-refractivity contribution in [2.45, 2.75) is 6.04 Å². The lowest BCUT2D eigenvalue weighted by Crippen LogP contribution is -2.52. The number of hydrogen-bond donors (Lipinski definition) is 1. The maximum Gasteiger partial charge on any atom is 0.328 e. The minimum Gasteiger partial charge on any atom is -0.480 e. The first-order chi connectivity index (χ1) is 11.1. The van der Waals surface area contributed by atoms with Crippen LogP contribution >= 0.6 is 22.9 Å². The summed E-state index contributed by atoms with van der Waals surface area (Å²) in [5, 5.41) is 12.2. The molecule has 6 nitrogen and oxygen atoms in total. The van der Waals surface area contributed by atoms with Gasteiger partial charge in [0.25, 0.3) is 5.91 Å². The van der Waals surface area contributed by atoms with Crippen LogP contribution < -0.4 is 0 Å². The number of carboxylic acids is 1. The Morgan fingerprint density at radius 3 is 2.78 bits per heavy atom. The van der Waals surface area contributed by atoms with Gasteiger partial charge in [-0.25, -0.2) is 9.78 Å². The fourth-order valence-corrected chi connectivity index (χ4v) is 3.22. The summed E-state index contributed by atoms with van der Waals surface area (Å²) in [6.45, 7) is 0.558. The smallest absolute Gasteiger partial charge is 0.328 e. The van der Waals surface area contributed by atoms with Gasteiger partial charge in [0, 0.05) is 22.5 Å². The zero-order chi connectivity index (χ0) is 16.4. The highest BCUT2D eigenvalue weighted by Crippen LogP contribution is 2.26. The molecule has 1 aromatic heterocycles. The number of morpholine rings is 1. The SMILES string of the molecule is O=C(O)C1COCCN1C(=O)c1csc(-c2ccc(Cl)cc2)n1. The summed E-state index contributed by atoms with van der Waals surface area (Å²) in [6, 6.07) is 6.18. The van der Waals surface area contributed by atoms with Crippen molar-refractivity contribution in [1.82, 2.24) is 9.88 Å². The van der Waals surface area contributed by atoms with Gasteiger partial charge in [-0.05, 0) is 12.1 Å². The Hall–Kier alpha value is -1.96.